The van der Waals surface area contributed by atoms with E-state index in [-0.39, 0.29) is 5.82 Å². The van der Waals surface area contributed by atoms with E-state index in [0.717, 1.165) is 17.6 Å². The summed E-state index contributed by atoms with van der Waals surface area (Å²) in [6, 6.07) is 4.30. The first-order valence-electron chi connectivity index (χ1n) is 5.65. The fourth-order valence-corrected chi connectivity index (χ4v) is 3.26. The maximum atomic E-state index is 13.1. The molecule has 0 aromatic heterocycles. The first-order chi connectivity index (χ1) is 8.22. The number of nitrogens with one attached hydrogen (secondary N) is 1. The Kier molecular flexibility index (Phi) is 3.01. The van der Waals surface area contributed by atoms with Crippen molar-refractivity contribution in [2.75, 3.05) is 11.9 Å². The van der Waals surface area contributed by atoms with Gasteiger partial charge in [-0.2, -0.15) is 0 Å². The van der Waals surface area contributed by atoms with E-state index in [0.29, 0.717) is 16.0 Å². The Labute approximate surface area is 109 Å². The Morgan fingerprint density at radius 1 is 1.41 bits per heavy atom. The van der Waals surface area contributed by atoms with Crippen molar-refractivity contribution in [3.63, 3.8) is 0 Å². The molecule has 2 aliphatic rings. The molecule has 0 spiro atoms. The minimum absolute atomic E-state index is 0.292. The Balaban J connectivity index is 1.68. The van der Waals surface area contributed by atoms with Crippen LogP contribution in [0.15, 0.2) is 23.2 Å². The van der Waals surface area contributed by atoms with Gasteiger partial charge in [0, 0.05) is 5.25 Å². The van der Waals surface area contributed by atoms with E-state index in [9.17, 15) is 4.39 Å². The van der Waals surface area contributed by atoms with E-state index in [2.05, 4.69) is 10.3 Å². The van der Waals surface area contributed by atoms with Crippen molar-refractivity contribution in [1.82, 2.24) is 0 Å². The van der Waals surface area contributed by atoms with Crippen LogP contribution in [0, 0.1) is 11.7 Å². The minimum Gasteiger partial charge on any atom is -0.334 e. The van der Waals surface area contributed by atoms with Gasteiger partial charge in [0.2, 0.25) is 0 Å². The third-order valence-electron chi connectivity index (χ3n) is 3.00. The summed E-state index contributed by atoms with van der Waals surface area (Å²) in [6.07, 6.45) is 2.64. The van der Waals surface area contributed by atoms with E-state index < -0.39 is 0 Å². The van der Waals surface area contributed by atoms with Gasteiger partial charge in [0.25, 0.3) is 0 Å². The van der Waals surface area contributed by atoms with Gasteiger partial charge >= 0.3 is 0 Å². The lowest BCUT2D eigenvalue weighted by molar-refractivity contribution is 0.628. The molecule has 1 fully saturated rings. The second kappa shape index (κ2) is 4.50. The fraction of sp³-hybridized carbons (Fsp3) is 0.417. The van der Waals surface area contributed by atoms with Crippen LogP contribution in [-0.4, -0.2) is 17.0 Å². The molecule has 17 heavy (non-hydrogen) atoms. The summed E-state index contributed by atoms with van der Waals surface area (Å²) < 4.78 is 13.1. The number of hydrogen-bond donors (Lipinski definition) is 1. The maximum Gasteiger partial charge on any atom is 0.161 e. The number of anilines is 1. The average molecular weight is 271 g/mol. The van der Waals surface area contributed by atoms with Crippen LogP contribution in [-0.2, 0) is 0 Å². The SMILES string of the molecule is Fc1ccc(Cl)c(NC2=NCC(C3CC3)S2)c1. The molecule has 2 nitrogen and oxygen atoms in total. The highest BCUT2D eigenvalue weighted by Gasteiger charge is 2.35. The van der Waals surface area contributed by atoms with Crippen LogP contribution in [0.25, 0.3) is 0 Å². The molecule has 1 aliphatic heterocycles. The van der Waals surface area contributed by atoms with Gasteiger partial charge in [0.1, 0.15) is 5.82 Å². The summed E-state index contributed by atoms with van der Waals surface area (Å²) in [5.74, 6) is 0.533. The average Bonchev–Trinajstić information content (AvgIpc) is 3.05. The zero-order valence-corrected chi connectivity index (χ0v) is 10.7. The number of amidine groups is 1. The van der Waals surface area contributed by atoms with Gasteiger partial charge in [-0.1, -0.05) is 23.4 Å². The Morgan fingerprint density at radius 3 is 3.00 bits per heavy atom. The van der Waals surface area contributed by atoms with E-state index >= 15 is 0 Å². The Hall–Kier alpha value is -0.740. The lowest BCUT2D eigenvalue weighted by Crippen LogP contribution is -2.09. The summed E-state index contributed by atoms with van der Waals surface area (Å²) in [7, 11) is 0. The van der Waals surface area contributed by atoms with Crippen LogP contribution >= 0.6 is 23.4 Å². The number of rotatable bonds is 2. The summed E-state index contributed by atoms with van der Waals surface area (Å²) in [5.41, 5.74) is 0.592. The molecule has 0 radical (unpaired) electrons. The van der Waals surface area contributed by atoms with Crippen LogP contribution in [0.1, 0.15) is 12.8 Å². The van der Waals surface area contributed by atoms with Crippen molar-refractivity contribution in [3.8, 4) is 0 Å². The highest BCUT2D eigenvalue weighted by Crippen LogP contribution is 2.42. The third kappa shape index (κ3) is 2.58. The normalized spacial score (nSPS) is 23.6. The smallest absolute Gasteiger partial charge is 0.161 e. The van der Waals surface area contributed by atoms with Crippen molar-refractivity contribution in [3.05, 3.63) is 29.0 Å². The molecule has 1 heterocycles. The first kappa shape index (κ1) is 11.4. The van der Waals surface area contributed by atoms with Gasteiger partial charge in [0.15, 0.2) is 5.17 Å². The maximum absolute atomic E-state index is 13.1. The quantitative estimate of drug-likeness (QED) is 0.885. The molecule has 1 aromatic rings. The molecule has 5 heteroatoms. The zero-order valence-electron chi connectivity index (χ0n) is 9.12. The molecule has 0 bridgehead atoms. The summed E-state index contributed by atoms with van der Waals surface area (Å²) in [4.78, 5) is 4.43. The standard InChI is InChI=1S/C12H12ClFN2S/c13-9-4-3-8(14)5-10(9)16-12-15-6-11(17-12)7-1-2-7/h3-5,7,11H,1-2,6H2,(H,15,16). The number of thioether (sulfide) groups is 1. The molecule has 1 atom stereocenters. The van der Waals surface area contributed by atoms with Crippen LogP contribution < -0.4 is 5.32 Å². The van der Waals surface area contributed by atoms with Gasteiger partial charge in [-0.05, 0) is 37.0 Å². The molecular formula is C12H12ClFN2S. The summed E-state index contributed by atoms with van der Waals surface area (Å²) >= 11 is 7.74. The molecule has 1 aromatic carbocycles. The lowest BCUT2D eigenvalue weighted by atomic mass is 10.3. The molecule has 0 amide bonds. The second-order valence-corrected chi connectivity index (χ2v) is 6.02. The predicted octanol–water partition coefficient (Wildman–Crippen LogP) is 3.77. The van der Waals surface area contributed by atoms with Crippen LogP contribution in [0.3, 0.4) is 0 Å². The van der Waals surface area contributed by atoms with Crippen LogP contribution in [0.2, 0.25) is 5.02 Å². The van der Waals surface area contributed by atoms with Gasteiger partial charge in [-0.3, -0.25) is 4.99 Å². The number of halogens is 2. The van der Waals surface area contributed by atoms with Gasteiger partial charge in [-0.25, -0.2) is 4.39 Å². The molecule has 0 saturated heterocycles. The molecule has 1 saturated carbocycles. The molecule has 3 rings (SSSR count). The molecule has 1 aliphatic carbocycles. The summed E-state index contributed by atoms with van der Waals surface area (Å²) in [5, 5.41) is 5.08. The number of nitrogens with zero attached hydrogens (tertiary/aromatic N) is 1. The number of benzene rings is 1. The highest BCUT2D eigenvalue weighted by molar-refractivity contribution is 8.15. The van der Waals surface area contributed by atoms with Crippen LogP contribution in [0.4, 0.5) is 10.1 Å². The van der Waals surface area contributed by atoms with Crippen molar-refractivity contribution in [2.45, 2.75) is 18.1 Å². The van der Waals surface area contributed by atoms with Crippen LogP contribution in [0.5, 0.6) is 0 Å². The highest BCUT2D eigenvalue weighted by atomic mass is 35.5. The number of aliphatic imine (C=N–C) groups is 1. The predicted molar refractivity (Wildman–Crippen MR) is 71.4 cm³/mol. The van der Waals surface area contributed by atoms with Crippen molar-refractivity contribution >= 4 is 34.2 Å². The van der Waals surface area contributed by atoms with Gasteiger partial charge in [-0.15, -0.1) is 0 Å². The van der Waals surface area contributed by atoms with Crippen molar-refractivity contribution in [1.29, 1.82) is 0 Å². The van der Waals surface area contributed by atoms with Crippen molar-refractivity contribution in [2.24, 2.45) is 10.9 Å². The van der Waals surface area contributed by atoms with Gasteiger partial charge in [0.05, 0.1) is 17.3 Å². The van der Waals surface area contributed by atoms with E-state index in [1.54, 1.807) is 17.8 Å². The largest absolute Gasteiger partial charge is 0.334 e. The minimum atomic E-state index is -0.292. The first-order valence-corrected chi connectivity index (χ1v) is 6.91. The third-order valence-corrected chi connectivity index (χ3v) is 4.62. The second-order valence-electron chi connectivity index (χ2n) is 4.39. The lowest BCUT2D eigenvalue weighted by Gasteiger charge is -2.09. The topological polar surface area (TPSA) is 24.4 Å². The van der Waals surface area contributed by atoms with Crippen molar-refractivity contribution < 1.29 is 4.39 Å². The molecule has 1 unspecified atom stereocenters. The van der Waals surface area contributed by atoms with E-state index in [4.69, 9.17) is 11.6 Å². The Morgan fingerprint density at radius 2 is 2.24 bits per heavy atom. The fourth-order valence-electron chi connectivity index (χ4n) is 1.88. The molecule has 90 valence electrons. The molecule has 1 N–H and O–H groups in total. The summed E-state index contributed by atoms with van der Waals surface area (Å²) in [6.45, 7) is 0.866. The van der Waals surface area contributed by atoms with Gasteiger partial charge < -0.3 is 5.32 Å². The Bertz CT molecular complexity index is 474. The van der Waals surface area contributed by atoms with E-state index in [1.165, 1.54) is 25.0 Å². The van der Waals surface area contributed by atoms with E-state index in [1.807, 2.05) is 0 Å². The monoisotopic (exact) mass is 270 g/mol. The molecular weight excluding hydrogens is 259 g/mol. The number of hydrogen-bond acceptors (Lipinski definition) is 3. The zero-order chi connectivity index (χ0) is 11.8.